The van der Waals surface area contributed by atoms with Crippen LogP contribution in [0.2, 0.25) is 0 Å². The van der Waals surface area contributed by atoms with E-state index < -0.39 is 15.9 Å². The molecular formula is C22H23N3O3S2. The van der Waals surface area contributed by atoms with E-state index in [0.717, 1.165) is 23.1 Å². The Hall–Kier alpha value is -2.73. The Bertz CT molecular complexity index is 1260. The van der Waals surface area contributed by atoms with Gasteiger partial charge in [-0.25, -0.2) is 12.7 Å². The van der Waals surface area contributed by atoms with Crippen LogP contribution < -0.4 is 4.80 Å². The number of hydrogen-bond acceptors (Lipinski definition) is 4. The molecule has 1 aromatic heterocycles. The van der Waals surface area contributed by atoms with Crippen molar-refractivity contribution in [3.63, 3.8) is 0 Å². The van der Waals surface area contributed by atoms with Gasteiger partial charge in [0.25, 0.3) is 5.91 Å². The number of thiazole rings is 1. The lowest BCUT2D eigenvalue weighted by molar-refractivity contribution is 0.0998. The molecule has 0 fully saturated rings. The first kappa shape index (κ1) is 22.0. The Balaban J connectivity index is 1.91. The number of fused-ring (bicyclic) bond motifs is 1. The Morgan fingerprint density at radius 3 is 2.57 bits per heavy atom. The number of benzene rings is 2. The monoisotopic (exact) mass is 441 g/mol. The van der Waals surface area contributed by atoms with Gasteiger partial charge in [-0.15, -0.1) is 6.42 Å². The molecule has 3 aromatic rings. The zero-order valence-corrected chi connectivity index (χ0v) is 18.5. The van der Waals surface area contributed by atoms with Crippen molar-refractivity contribution >= 4 is 37.5 Å². The fourth-order valence-electron chi connectivity index (χ4n) is 2.95. The van der Waals surface area contributed by atoms with Gasteiger partial charge in [-0.1, -0.05) is 42.7 Å². The molecule has 0 aliphatic carbocycles. The van der Waals surface area contributed by atoms with Crippen molar-refractivity contribution in [2.45, 2.75) is 31.2 Å². The van der Waals surface area contributed by atoms with Gasteiger partial charge in [0.05, 0.1) is 21.7 Å². The van der Waals surface area contributed by atoms with E-state index in [1.807, 2.05) is 35.8 Å². The lowest BCUT2D eigenvalue weighted by atomic mass is 10.2. The lowest BCUT2D eigenvalue weighted by Gasteiger charge is -2.16. The minimum Gasteiger partial charge on any atom is -0.305 e. The molecule has 0 unspecified atom stereocenters. The first-order valence-electron chi connectivity index (χ1n) is 9.55. The summed E-state index contributed by atoms with van der Waals surface area (Å²) < 4.78 is 29.4. The Kier molecular flexibility index (Phi) is 6.87. The van der Waals surface area contributed by atoms with Gasteiger partial charge in [0.2, 0.25) is 10.0 Å². The number of para-hydroxylation sites is 1. The van der Waals surface area contributed by atoms with Crippen molar-refractivity contribution in [3.8, 4) is 12.3 Å². The van der Waals surface area contributed by atoms with Crippen molar-refractivity contribution in [2.75, 3.05) is 13.6 Å². The quantitative estimate of drug-likeness (QED) is 0.527. The standard InChI is InChI=1S/C22H23N3O3S2/c1-4-6-16-24(3)30(27,28)18-13-11-17(12-14-18)21(26)23-22-25(15-5-2)19-9-7-8-10-20(19)29-22/h2,7-14H,4,6,15-16H2,1,3H3. The SMILES string of the molecule is C#CCn1c(=NC(=O)c2ccc(S(=O)(=O)N(C)CCCC)cc2)sc2ccccc21. The predicted molar refractivity (Wildman–Crippen MR) is 120 cm³/mol. The minimum atomic E-state index is -3.58. The van der Waals surface area contributed by atoms with Crippen LogP contribution >= 0.6 is 11.3 Å². The molecule has 0 N–H and O–H groups in total. The first-order chi connectivity index (χ1) is 14.4. The number of terminal acetylenes is 1. The van der Waals surface area contributed by atoms with E-state index in [9.17, 15) is 13.2 Å². The molecule has 0 aliphatic heterocycles. The van der Waals surface area contributed by atoms with E-state index in [2.05, 4.69) is 10.9 Å². The summed E-state index contributed by atoms with van der Waals surface area (Å²) in [6, 6.07) is 13.6. The molecule has 3 rings (SSSR count). The van der Waals surface area contributed by atoms with Crippen molar-refractivity contribution in [2.24, 2.45) is 4.99 Å². The fourth-order valence-corrected chi connectivity index (χ4v) is 5.19. The molecule has 30 heavy (non-hydrogen) atoms. The van der Waals surface area contributed by atoms with E-state index >= 15 is 0 Å². The molecule has 0 spiro atoms. The second-order valence-electron chi connectivity index (χ2n) is 6.76. The smallest absolute Gasteiger partial charge is 0.279 e. The number of sulfonamides is 1. The van der Waals surface area contributed by atoms with Crippen molar-refractivity contribution < 1.29 is 13.2 Å². The largest absolute Gasteiger partial charge is 0.305 e. The van der Waals surface area contributed by atoms with E-state index in [4.69, 9.17) is 6.42 Å². The number of carbonyl (C=O) groups is 1. The van der Waals surface area contributed by atoms with E-state index in [1.165, 1.54) is 39.9 Å². The summed E-state index contributed by atoms with van der Waals surface area (Å²) in [5, 5.41) is 0. The van der Waals surface area contributed by atoms with Gasteiger partial charge in [0.1, 0.15) is 0 Å². The molecule has 0 radical (unpaired) electrons. The van der Waals surface area contributed by atoms with Gasteiger partial charge in [-0.05, 0) is 42.8 Å². The second kappa shape index (κ2) is 9.39. The van der Waals surface area contributed by atoms with Crippen LogP contribution in [0.1, 0.15) is 30.1 Å². The highest BCUT2D eigenvalue weighted by Crippen LogP contribution is 2.18. The fraction of sp³-hybridized carbons (Fsp3) is 0.273. The molecule has 0 bridgehead atoms. The van der Waals surface area contributed by atoms with Crippen LogP contribution in [0.3, 0.4) is 0 Å². The molecule has 0 aliphatic rings. The molecule has 2 aromatic carbocycles. The van der Waals surface area contributed by atoms with Gasteiger partial charge in [-0.3, -0.25) is 4.79 Å². The number of unbranched alkanes of at least 4 members (excludes halogenated alkanes) is 1. The Morgan fingerprint density at radius 1 is 1.20 bits per heavy atom. The summed E-state index contributed by atoms with van der Waals surface area (Å²) in [5.41, 5.74) is 1.23. The molecule has 1 heterocycles. The summed E-state index contributed by atoms with van der Waals surface area (Å²) >= 11 is 1.38. The summed E-state index contributed by atoms with van der Waals surface area (Å²) in [6.45, 7) is 2.77. The summed E-state index contributed by atoms with van der Waals surface area (Å²) in [7, 11) is -2.02. The lowest BCUT2D eigenvalue weighted by Crippen LogP contribution is -2.27. The molecule has 0 saturated heterocycles. The van der Waals surface area contributed by atoms with Crippen LogP contribution in [-0.4, -0.2) is 36.8 Å². The van der Waals surface area contributed by atoms with Crippen LogP contribution in [-0.2, 0) is 16.6 Å². The van der Waals surface area contributed by atoms with Crippen LogP contribution in [0.5, 0.6) is 0 Å². The van der Waals surface area contributed by atoms with Crippen molar-refractivity contribution in [3.05, 3.63) is 58.9 Å². The molecule has 6 nitrogen and oxygen atoms in total. The summed E-state index contributed by atoms with van der Waals surface area (Å²) in [5.74, 6) is 2.14. The predicted octanol–water partition coefficient (Wildman–Crippen LogP) is 3.50. The molecule has 1 amide bonds. The van der Waals surface area contributed by atoms with Gasteiger partial charge in [0.15, 0.2) is 4.80 Å². The minimum absolute atomic E-state index is 0.155. The molecule has 0 atom stereocenters. The van der Waals surface area contributed by atoms with Crippen LogP contribution in [0.4, 0.5) is 0 Å². The normalized spacial score (nSPS) is 12.4. The highest BCUT2D eigenvalue weighted by atomic mass is 32.2. The summed E-state index contributed by atoms with van der Waals surface area (Å²) in [4.78, 5) is 17.6. The number of rotatable bonds is 7. The zero-order valence-electron chi connectivity index (χ0n) is 16.9. The topological polar surface area (TPSA) is 71.7 Å². The van der Waals surface area contributed by atoms with E-state index in [1.54, 1.807) is 7.05 Å². The first-order valence-corrected chi connectivity index (χ1v) is 11.8. The third-order valence-corrected chi connectivity index (χ3v) is 7.60. The van der Waals surface area contributed by atoms with Crippen LogP contribution in [0.15, 0.2) is 58.4 Å². The highest BCUT2D eigenvalue weighted by molar-refractivity contribution is 7.89. The zero-order chi connectivity index (χ0) is 21.7. The number of hydrogen-bond donors (Lipinski definition) is 0. The van der Waals surface area contributed by atoms with Crippen molar-refractivity contribution in [1.82, 2.24) is 8.87 Å². The number of amides is 1. The van der Waals surface area contributed by atoms with Crippen LogP contribution in [0.25, 0.3) is 10.2 Å². The number of aromatic nitrogens is 1. The maximum Gasteiger partial charge on any atom is 0.279 e. The van der Waals surface area contributed by atoms with Crippen molar-refractivity contribution in [1.29, 1.82) is 0 Å². The molecule has 0 saturated carbocycles. The molecular weight excluding hydrogens is 418 g/mol. The highest BCUT2D eigenvalue weighted by Gasteiger charge is 2.20. The Labute approximate surface area is 180 Å². The molecule has 8 heteroatoms. The average molecular weight is 442 g/mol. The maximum absolute atomic E-state index is 12.7. The maximum atomic E-state index is 12.7. The van der Waals surface area contributed by atoms with Crippen LogP contribution in [0, 0.1) is 12.3 Å². The van der Waals surface area contributed by atoms with E-state index in [-0.39, 0.29) is 4.90 Å². The second-order valence-corrected chi connectivity index (χ2v) is 9.82. The van der Waals surface area contributed by atoms with E-state index in [0.29, 0.717) is 23.5 Å². The Morgan fingerprint density at radius 2 is 1.90 bits per heavy atom. The molecule has 156 valence electrons. The third-order valence-electron chi connectivity index (χ3n) is 4.67. The number of carbonyl (C=O) groups excluding carboxylic acids is 1. The van der Waals surface area contributed by atoms with Gasteiger partial charge in [0, 0.05) is 19.2 Å². The third kappa shape index (κ3) is 4.54. The summed E-state index contributed by atoms with van der Waals surface area (Å²) in [6.07, 6.45) is 7.18. The number of nitrogens with zero attached hydrogens (tertiary/aromatic N) is 3. The van der Waals surface area contributed by atoms with Gasteiger partial charge in [-0.2, -0.15) is 4.99 Å². The van der Waals surface area contributed by atoms with Gasteiger partial charge < -0.3 is 4.57 Å². The average Bonchev–Trinajstić information content (AvgIpc) is 3.09. The van der Waals surface area contributed by atoms with Gasteiger partial charge >= 0.3 is 0 Å².